The molecule has 0 radical (unpaired) electrons. The molecule has 1 aliphatic heterocycles. The Bertz CT molecular complexity index is 313. The first-order valence-corrected chi connectivity index (χ1v) is 7.90. The van der Waals surface area contributed by atoms with E-state index < -0.39 is 0 Å². The highest BCUT2D eigenvalue weighted by Gasteiger charge is 2.34. The molecule has 2 N–H and O–H groups in total. The van der Waals surface area contributed by atoms with Crippen LogP contribution in [0.2, 0.25) is 0 Å². The van der Waals surface area contributed by atoms with Gasteiger partial charge in [-0.25, -0.2) is 0 Å². The van der Waals surface area contributed by atoms with Crippen LogP contribution in [0.15, 0.2) is 0 Å². The van der Waals surface area contributed by atoms with Crippen LogP contribution in [0.25, 0.3) is 0 Å². The van der Waals surface area contributed by atoms with Crippen molar-refractivity contribution in [2.75, 3.05) is 32.7 Å². The van der Waals surface area contributed by atoms with E-state index in [0.717, 1.165) is 52.0 Å². The van der Waals surface area contributed by atoms with Gasteiger partial charge in [-0.15, -0.1) is 24.8 Å². The maximum atomic E-state index is 12.4. The highest BCUT2D eigenvalue weighted by molar-refractivity contribution is 5.85. The summed E-state index contributed by atoms with van der Waals surface area (Å²) in [7, 11) is 0. The van der Waals surface area contributed by atoms with Crippen LogP contribution in [0.3, 0.4) is 0 Å². The smallest absolute Gasteiger partial charge is 0.225 e. The normalized spacial score (nSPS) is 28.4. The van der Waals surface area contributed by atoms with Crippen LogP contribution in [0.5, 0.6) is 0 Å². The van der Waals surface area contributed by atoms with Crippen molar-refractivity contribution in [1.82, 2.24) is 9.80 Å². The summed E-state index contributed by atoms with van der Waals surface area (Å²) < 4.78 is 0. The molecule has 3 unspecified atom stereocenters. The molecule has 6 heteroatoms. The highest BCUT2D eigenvalue weighted by atomic mass is 35.5. The first-order chi connectivity index (χ1) is 9.13. The van der Waals surface area contributed by atoms with E-state index in [0.29, 0.717) is 11.8 Å². The topological polar surface area (TPSA) is 49.6 Å². The molecule has 2 fully saturated rings. The van der Waals surface area contributed by atoms with Gasteiger partial charge in [0.25, 0.3) is 0 Å². The summed E-state index contributed by atoms with van der Waals surface area (Å²) >= 11 is 0. The molecule has 1 aliphatic carbocycles. The van der Waals surface area contributed by atoms with E-state index in [4.69, 9.17) is 5.73 Å². The Morgan fingerprint density at radius 2 is 1.86 bits per heavy atom. The lowest BCUT2D eigenvalue weighted by molar-refractivity contribution is -0.134. The first kappa shape index (κ1) is 21.0. The van der Waals surface area contributed by atoms with Crippen LogP contribution in [0.1, 0.15) is 39.5 Å². The van der Waals surface area contributed by atoms with Gasteiger partial charge in [0.2, 0.25) is 5.91 Å². The molecule has 1 heterocycles. The van der Waals surface area contributed by atoms with Crippen LogP contribution in [0, 0.1) is 11.8 Å². The summed E-state index contributed by atoms with van der Waals surface area (Å²) in [6, 6.07) is 0.253. The lowest BCUT2D eigenvalue weighted by Gasteiger charge is -2.24. The third kappa shape index (κ3) is 5.59. The lowest BCUT2D eigenvalue weighted by Crippen LogP contribution is -2.36. The summed E-state index contributed by atoms with van der Waals surface area (Å²) in [4.78, 5) is 17.0. The average molecular weight is 340 g/mol. The summed E-state index contributed by atoms with van der Waals surface area (Å²) in [5.74, 6) is 1.25. The van der Waals surface area contributed by atoms with E-state index in [1.54, 1.807) is 0 Å². The molecular weight excluding hydrogens is 309 g/mol. The third-order valence-corrected chi connectivity index (χ3v) is 4.83. The fourth-order valence-electron chi connectivity index (χ4n) is 3.53. The van der Waals surface area contributed by atoms with E-state index in [-0.39, 0.29) is 36.8 Å². The molecule has 0 aromatic carbocycles. The van der Waals surface area contributed by atoms with Crippen LogP contribution >= 0.6 is 24.8 Å². The zero-order chi connectivity index (χ0) is 13.8. The van der Waals surface area contributed by atoms with Crippen molar-refractivity contribution in [2.24, 2.45) is 17.6 Å². The number of hydrogen-bond donors (Lipinski definition) is 1. The molecule has 0 aromatic rings. The molecule has 126 valence electrons. The van der Waals surface area contributed by atoms with Gasteiger partial charge in [-0.05, 0) is 44.7 Å². The van der Waals surface area contributed by atoms with E-state index in [9.17, 15) is 4.79 Å². The van der Waals surface area contributed by atoms with Gasteiger partial charge in [-0.1, -0.05) is 13.8 Å². The van der Waals surface area contributed by atoms with E-state index >= 15 is 0 Å². The molecule has 0 spiro atoms. The fraction of sp³-hybridized carbons (Fsp3) is 0.933. The van der Waals surface area contributed by atoms with Gasteiger partial charge in [-0.3, -0.25) is 4.79 Å². The van der Waals surface area contributed by atoms with E-state index in [2.05, 4.69) is 23.6 Å². The van der Waals surface area contributed by atoms with E-state index in [1.165, 1.54) is 6.42 Å². The Kier molecular flexibility index (Phi) is 9.87. The summed E-state index contributed by atoms with van der Waals surface area (Å²) in [6.07, 6.45) is 4.08. The maximum Gasteiger partial charge on any atom is 0.225 e. The minimum atomic E-state index is 0. The summed E-state index contributed by atoms with van der Waals surface area (Å²) in [5, 5.41) is 0. The second kappa shape index (κ2) is 9.88. The molecule has 0 bridgehead atoms. The number of halogens is 2. The van der Waals surface area contributed by atoms with E-state index in [1.807, 2.05) is 0 Å². The molecule has 1 amide bonds. The second-order valence-electron chi connectivity index (χ2n) is 6.19. The Morgan fingerprint density at radius 3 is 2.38 bits per heavy atom. The van der Waals surface area contributed by atoms with Crippen molar-refractivity contribution in [2.45, 2.75) is 45.6 Å². The largest absolute Gasteiger partial charge is 0.342 e. The highest BCUT2D eigenvalue weighted by Crippen LogP contribution is 2.28. The van der Waals surface area contributed by atoms with Gasteiger partial charge in [0, 0.05) is 31.6 Å². The SMILES string of the molecule is CCN(CC)CC1CCN(C(=O)C2CCC(N)C2)C1.Cl.Cl. The molecule has 2 aliphatic rings. The number of nitrogens with two attached hydrogens (primary N) is 1. The summed E-state index contributed by atoms with van der Waals surface area (Å²) in [6.45, 7) is 9.69. The lowest BCUT2D eigenvalue weighted by atomic mass is 10.1. The maximum absolute atomic E-state index is 12.4. The number of likely N-dealkylation sites (tertiary alicyclic amines) is 1. The molecule has 2 rings (SSSR count). The Morgan fingerprint density at radius 1 is 1.19 bits per heavy atom. The third-order valence-electron chi connectivity index (χ3n) is 4.83. The molecule has 0 aromatic heterocycles. The molecule has 21 heavy (non-hydrogen) atoms. The second-order valence-corrected chi connectivity index (χ2v) is 6.19. The summed E-state index contributed by atoms with van der Waals surface area (Å²) in [5.41, 5.74) is 5.91. The van der Waals surface area contributed by atoms with Crippen molar-refractivity contribution in [3.63, 3.8) is 0 Å². The fourth-order valence-corrected chi connectivity index (χ4v) is 3.53. The van der Waals surface area contributed by atoms with Crippen molar-refractivity contribution in [3.05, 3.63) is 0 Å². The van der Waals surface area contributed by atoms with Crippen LogP contribution < -0.4 is 5.73 Å². The standard InChI is InChI=1S/C15H29N3O.2ClH/c1-3-17(4-2)10-12-7-8-18(11-12)15(19)13-5-6-14(16)9-13;;/h12-14H,3-11,16H2,1-2H3;2*1H. The number of nitrogens with zero attached hydrogens (tertiary/aromatic N) is 2. The minimum Gasteiger partial charge on any atom is -0.342 e. The van der Waals surface area contributed by atoms with Crippen LogP contribution in [-0.2, 0) is 4.79 Å². The van der Waals surface area contributed by atoms with Crippen molar-refractivity contribution < 1.29 is 4.79 Å². The van der Waals surface area contributed by atoms with Gasteiger partial charge in [0.1, 0.15) is 0 Å². The van der Waals surface area contributed by atoms with Crippen molar-refractivity contribution in [3.8, 4) is 0 Å². The number of carbonyl (C=O) groups excluding carboxylic acids is 1. The molecule has 1 saturated heterocycles. The molecule has 4 nitrogen and oxygen atoms in total. The Balaban J connectivity index is 0.00000200. The number of amides is 1. The Labute approximate surface area is 141 Å². The minimum absolute atomic E-state index is 0. The zero-order valence-electron chi connectivity index (χ0n) is 13.3. The number of carbonyl (C=O) groups is 1. The first-order valence-electron chi connectivity index (χ1n) is 7.90. The van der Waals surface area contributed by atoms with Crippen LogP contribution in [-0.4, -0.2) is 54.5 Å². The van der Waals surface area contributed by atoms with Crippen molar-refractivity contribution in [1.29, 1.82) is 0 Å². The predicted octanol–water partition coefficient (Wildman–Crippen LogP) is 2.15. The predicted molar refractivity (Wildman–Crippen MR) is 92.3 cm³/mol. The van der Waals surface area contributed by atoms with Gasteiger partial charge in [0.15, 0.2) is 0 Å². The quantitative estimate of drug-likeness (QED) is 0.834. The van der Waals surface area contributed by atoms with Crippen LogP contribution in [0.4, 0.5) is 0 Å². The number of rotatable bonds is 5. The average Bonchev–Trinajstić information content (AvgIpc) is 3.04. The van der Waals surface area contributed by atoms with Gasteiger partial charge >= 0.3 is 0 Å². The molecule has 1 saturated carbocycles. The van der Waals surface area contributed by atoms with Crippen molar-refractivity contribution >= 4 is 30.7 Å². The molecule has 3 atom stereocenters. The monoisotopic (exact) mass is 339 g/mol. The van der Waals surface area contributed by atoms with Gasteiger partial charge in [0.05, 0.1) is 0 Å². The van der Waals surface area contributed by atoms with Gasteiger partial charge in [-0.2, -0.15) is 0 Å². The number of hydrogen-bond acceptors (Lipinski definition) is 3. The van der Waals surface area contributed by atoms with Gasteiger partial charge < -0.3 is 15.5 Å². The Hall–Kier alpha value is -0.0300. The molecular formula is C15H31Cl2N3O. The zero-order valence-corrected chi connectivity index (χ0v) is 14.9.